The van der Waals surface area contributed by atoms with Gasteiger partial charge in [-0.15, -0.1) is 0 Å². The van der Waals surface area contributed by atoms with Gasteiger partial charge in [0, 0.05) is 12.8 Å². The van der Waals surface area contributed by atoms with E-state index >= 15 is 0 Å². The minimum absolute atomic E-state index is 0.207. The molecule has 6 atom stereocenters. The fraction of sp³-hybridized carbons (Fsp3) is 0.708. The van der Waals surface area contributed by atoms with Crippen molar-refractivity contribution in [3.05, 3.63) is 72.9 Å². The highest BCUT2D eigenvalue weighted by atomic mass is 16.7. The quantitative estimate of drug-likeness (QED) is 0.0273. The van der Waals surface area contributed by atoms with E-state index < -0.39 is 55.4 Å². The summed E-state index contributed by atoms with van der Waals surface area (Å²) in [5, 5.41) is 40.1. The first-order chi connectivity index (χ1) is 28.3. The van der Waals surface area contributed by atoms with Gasteiger partial charge >= 0.3 is 11.9 Å². The Morgan fingerprint density at radius 3 is 1.53 bits per heavy atom. The smallest absolute Gasteiger partial charge is 0.306 e. The SMILES string of the molecule is CC/C=C\C/C=C\C/C=C\C/C=C\CCCCCCCCC(=O)OC(COC(=O)CCCCCCC/C=C\C/C=C\CCCC)COC1OC(CO)C(O)C(O)C1O. The Morgan fingerprint density at radius 1 is 0.552 bits per heavy atom. The summed E-state index contributed by atoms with van der Waals surface area (Å²) in [7, 11) is 0. The second-order valence-corrected chi connectivity index (χ2v) is 15.1. The Labute approximate surface area is 351 Å². The van der Waals surface area contributed by atoms with Crippen molar-refractivity contribution >= 4 is 11.9 Å². The minimum atomic E-state index is -1.60. The van der Waals surface area contributed by atoms with E-state index in [-0.39, 0.29) is 26.1 Å². The van der Waals surface area contributed by atoms with E-state index in [2.05, 4.69) is 86.8 Å². The molecule has 4 N–H and O–H groups in total. The van der Waals surface area contributed by atoms with E-state index in [0.717, 1.165) is 109 Å². The van der Waals surface area contributed by atoms with E-state index in [1.54, 1.807) is 0 Å². The first kappa shape index (κ1) is 53.2. The third-order valence-corrected chi connectivity index (χ3v) is 9.83. The third-order valence-electron chi connectivity index (χ3n) is 9.83. The molecule has 0 saturated carbocycles. The zero-order valence-corrected chi connectivity index (χ0v) is 36.0. The molecular weight excluding hydrogens is 737 g/mol. The average Bonchev–Trinajstić information content (AvgIpc) is 3.22. The molecule has 10 heteroatoms. The van der Waals surface area contributed by atoms with Crippen molar-refractivity contribution in [1.29, 1.82) is 0 Å². The van der Waals surface area contributed by atoms with E-state index in [1.807, 2.05) is 0 Å². The van der Waals surface area contributed by atoms with Gasteiger partial charge in [0.15, 0.2) is 12.4 Å². The van der Waals surface area contributed by atoms with Gasteiger partial charge in [-0.2, -0.15) is 0 Å². The molecule has 1 rings (SSSR count). The van der Waals surface area contributed by atoms with Crippen LogP contribution in [-0.2, 0) is 28.5 Å². The van der Waals surface area contributed by atoms with Gasteiger partial charge in [-0.1, -0.05) is 145 Å². The van der Waals surface area contributed by atoms with Gasteiger partial charge < -0.3 is 39.4 Å². The lowest BCUT2D eigenvalue weighted by Gasteiger charge is -2.39. The maximum absolute atomic E-state index is 12.8. The normalized spacial score (nSPS) is 20.8. The molecule has 0 aromatic rings. The molecule has 1 saturated heterocycles. The highest BCUT2D eigenvalue weighted by Gasteiger charge is 2.44. The van der Waals surface area contributed by atoms with E-state index in [0.29, 0.717) is 12.8 Å². The molecule has 1 aliphatic rings. The molecule has 332 valence electrons. The van der Waals surface area contributed by atoms with E-state index in [1.165, 1.54) is 12.8 Å². The van der Waals surface area contributed by atoms with Crippen molar-refractivity contribution < 1.29 is 49.0 Å². The molecule has 0 aromatic carbocycles. The van der Waals surface area contributed by atoms with E-state index in [9.17, 15) is 30.0 Å². The molecule has 0 spiro atoms. The molecule has 1 fully saturated rings. The van der Waals surface area contributed by atoms with Crippen LogP contribution in [0.2, 0.25) is 0 Å². The van der Waals surface area contributed by atoms with Crippen molar-refractivity contribution in [2.75, 3.05) is 19.8 Å². The second kappa shape index (κ2) is 38.3. The Kier molecular flexibility index (Phi) is 35.1. The number of allylic oxidation sites excluding steroid dienone is 12. The Bertz CT molecular complexity index is 1170. The standard InChI is InChI=1S/C48H80O10/c1-3-5-7-9-11-13-15-17-19-20-21-22-23-25-27-29-31-33-35-37-44(51)57-41(40-56-48-47(54)46(53)45(52)42(38-49)58-48)39-55-43(50)36-34-32-30-28-26-24-18-16-14-12-10-8-6-4-2/h5,7,10-13,16-19,21-22,41-42,45-49,52-54H,3-4,6,8-9,14-15,20,23-40H2,1-2H3/b7-5-,12-10-,13-11-,18-16-,19-17-,22-21-. The van der Waals surface area contributed by atoms with Crippen molar-refractivity contribution in [1.82, 2.24) is 0 Å². The van der Waals surface area contributed by atoms with Crippen LogP contribution in [0.4, 0.5) is 0 Å². The van der Waals surface area contributed by atoms with Crippen LogP contribution in [0.5, 0.6) is 0 Å². The summed E-state index contributed by atoms with van der Waals surface area (Å²) in [5.41, 5.74) is 0. The second-order valence-electron chi connectivity index (χ2n) is 15.1. The molecule has 58 heavy (non-hydrogen) atoms. The molecule has 0 radical (unpaired) electrons. The number of hydrogen-bond donors (Lipinski definition) is 4. The maximum atomic E-state index is 12.8. The number of hydrogen-bond acceptors (Lipinski definition) is 10. The maximum Gasteiger partial charge on any atom is 0.306 e. The summed E-state index contributed by atoms with van der Waals surface area (Å²) in [5.74, 6) is -0.845. The number of aliphatic hydroxyl groups is 4. The minimum Gasteiger partial charge on any atom is -0.462 e. The van der Waals surface area contributed by atoms with Gasteiger partial charge in [-0.25, -0.2) is 0 Å². The van der Waals surface area contributed by atoms with Gasteiger partial charge in [0.05, 0.1) is 13.2 Å². The average molecular weight is 817 g/mol. The van der Waals surface area contributed by atoms with Crippen LogP contribution in [0, 0.1) is 0 Å². The van der Waals surface area contributed by atoms with Gasteiger partial charge in [-0.3, -0.25) is 9.59 Å². The fourth-order valence-electron chi connectivity index (χ4n) is 6.25. The molecular formula is C48H80O10. The first-order valence-electron chi connectivity index (χ1n) is 22.5. The largest absolute Gasteiger partial charge is 0.462 e. The van der Waals surface area contributed by atoms with Crippen molar-refractivity contribution in [3.8, 4) is 0 Å². The summed E-state index contributed by atoms with van der Waals surface area (Å²) < 4.78 is 22.1. The molecule has 1 heterocycles. The third kappa shape index (κ3) is 29.4. The van der Waals surface area contributed by atoms with Gasteiger partial charge in [0.2, 0.25) is 0 Å². The summed E-state index contributed by atoms with van der Waals surface area (Å²) in [6, 6.07) is 0. The van der Waals surface area contributed by atoms with E-state index in [4.69, 9.17) is 18.9 Å². The van der Waals surface area contributed by atoms with Crippen LogP contribution >= 0.6 is 0 Å². The van der Waals surface area contributed by atoms with Gasteiger partial charge in [0.1, 0.15) is 31.0 Å². The van der Waals surface area contributed by atoms with Gasteiger partial charge in [0.25, 0.3) is 0 Å². The predicted octanol–water partition coefficient (Wildman–Crippen LogP) is 9.61. The summed E-state index contributed by atoms with van der Waals surface area (Å²) in [6.07, 6.45) is 40.4. The predicted molar refractivity (Wildman–Crippen MR) is 233 cm³/mol. The van der Waals surface area contributed by atoms with Crippen LogP contribution in [0.3, 0.4) is 0 Å². The number of aliphatic hydroxyl groups excluding tert-OH is 4. The monoisotopic (exact) mass is 817 g/mol. The molecule has 0 aromatic heterocycles. The van der Waals surface area contributed by atoms with Crippen LogP contribution < -0.4 is 0 Å². The lowest BCUT2D eigenvalue weighted by atomic mass is 9.99. The summed E-state index contributed by atoms with van der Waals surface area (Å²) in [4.78, 5) is 25.3. The van der Waals surface area contributed by atoms with Crippen LogP contribution in [0.1, 0.15) is 162 Å². The molecule has 0 amide bonds. The number of rotatable bonds is 36. The zero-order chi connectivity index (χ0) is 42.3. The highest BCUT2D eigenvalue weighted by molar-refractivity contribution is 5.70. The lowest BCUT2D eigenvalue weighted by molar-refractivity contribution is -0.305. The molecule has 0 bridgehead atoms. The lowest BCUT2D eigenvalue weighted by Crippen LogP contribution is -2.59. The van der Waals surface area contributed by atoms with Crippen molar-refractivity contribution in [2.24, 2.45) is 0 Å². The topological polar surface area (TPSA) is 152 Å². The Morgan fingerprint density at radius 2 is 1.02 bits per heavy atom. The fourth-order valence-corrected chi connectivity index (χ4v) is 6.25. The van der Waals surface area contributed by atoms with Crippen molar-refractivity contribution in [3.63, 3.8) is 0 Å². The number of unbranched alkanes of at least 4 members (excludes halogenated alkanes) is 13. The van der Waals surface area contributed by atoms with Crippen LogP contribution in [-0.4, -0.2) is 89.0 Å². The highest BCUT2D eigenvalue weighted by Crippen LogP contribution is 2.22. The first-order valence-corrected chi connectivity index (χ1v) is 22.5. The molecule has 10 nitrogen and oxygen atoms in total. The molecule has 1 aliphatic heterocycles. The molecule has 6 unspecified atom stereocenters. The van der Waals surface area contributed by atoms with Crippen LogP contribution in [0.15, 0.2) is 72.9 Å². The number of carbonyl (C=O) groups is 2. The number of ether oxygens (including phenoxy) is 4. The number of esters is 2. The zero-order valence-electron chi connectivity index (χ0n) is 36.0. The molecule has 0 aliphatic carbocycles. The summed E-state index contributed by atoms with van der Waals surface area (Å²) >= 11 is 0. The summed E-state index contributed by atoms with van der Waals surface area (Å²) in [6.45, 7) is 3.22. The number of carbonyl (C=O) groups excluding carboxylic acids is 2. The van der Waals surface area contributed by atoms with Crippen molar-refractivity contribution in [2.45, 2.75) is 198 Å². The Balaban J connectivity index is 2.35. The Hall–Kier alpha value is -2.86. The van der Waals surface area contributed by atoms with Crippen LogP contribution in [0.25, 0.3) is 0 Å². The van der Waals surface area contributed by atoms with Gasteiger partial charge in [-0.05, 0) is 77.0 Å².